The topological polar surface area (TPSA) is 67.9 Å². The van der Waals surface area contributed by atoms with Gasteiger partial charge in [0, 0.05) is 25.1 Å². The fourth-order valence-electron chi connectivity index (χ4n) is 3.07. The number of rotatable bonds is 6. The van der Waals surface area contributed by atoms with Crippen LogP contribution in [0.5, 0.6) is 11.5 Å². The highest BCUT2D eigenvalue weighted by Crippen LogP contribution is 2.27. The van der Waals surface area contributed by atoms with Gasteiger partial charge in [0.2, 0.25) is 5.91 Å². The summed E-state index contributed by atoms with van der Waals surface area (Å²) in [6.07, 6.45) is 0.311. The molecule has 2 amide bonds. The highest BCUT2D eigenvalue weighted by atomic mass is 16.5. The quantitative estimate of drug-likeness (QED) is 0.864. The van der Waals surface area contributed by atoms with E-state index in [2.05, 4.69) is 5.32 Å². The van der Waals surface area contributed by atoms with Crippen molar-refractivity contribution in [3.05, 3.63) is 59.7 Å². The molecule has 1 N–H and O–H groups in total. The molecule has 6 nitrogen and oxygen atoms in total. The van der Waals surface area contributed by atoms with Crippen molar-refractivity contribution >= 4 is 11.8 Å². The van der Waals surface area contributed by atoms with Crippen LogP contribution in [0.25, 0.3) is 0 Å². The number of carbonyl (C=O) groups excluding carboxylic acids is 2. The largest absolute Gasteiger partial charge is 0.493 e. The summed E-state index contributed by atoms with van der Waals surface area (Å²) in [5.41, 5.74) is 1.55. The third-order valence-corrected chi connectivity index (χ3v) is 4.41. The Balaban J connectivity index is 1.62. The van der Waals surface area contributed by atoms with E-state index in [-0.39, 0.29) is 17.9 Å². The summed E-state index contributed by atoms with van der Waals surface area (Å²) in [6, 6.07) is 14.6. The molecule has 1 fully saturated rings. The maximum Gasteiger partial charge on any atom is 0.251 e. The van der Waals surface area contributed by atoms with Crippen LogP contribution in [0.15, 0.2) is 48.5 Å². The van der Waals surface area contributed by atoms with Crippen molar-refractivity contribution in [3.63, 3.8) is 0 Å². The predicted molar refractivity (Wildman–Crippen MR) is 97.3 cm³/mol. The second-order valence-corrected chi connectivity index (χ2v) is 6.20. The van der Waals surface area contributed by atoms with Crippen molar-refractivity contribution in [1.82, 2.24) is 10.2 Å². The summed E-state index contributed by atoms with van der Waals surface area (Å²) >= 11 is 0. The van der Waals surface area contributed by atoms with E-state index < -0.39 is 0 Å². The Morgan fingerprint density at radius 2 is 1.85 bits per heavy atom. The molecule has 2 aromatic carbocycles. The molecule has 0 bridgehead atoms. The summed E-state index contributed by atoms with van der Waals surface area (Å²) in [7, 11) is 3.07. The number of hydrogen-bond acceptors (Lipinski definition) is 4. The third-order valence-electron chi connectivity index (χ3n) is 4.41. The lowest BCUT2D eigenvalue weighted by Gasteiger charge is -2.17. The maximum atomic E-state index is 12.5. The van der Waals surface area contributed by atoms with Crippen LogP contribution >= 0.6 is 0 Å². The highest BCUT2D eigenvalue weighted by molar-refractivity contribution is 5.95. The first-order valence-electron chi connectivity index (χ1n) is 8.45. The molecule has 0 aliphatic carbocycles. The Morgan fingerprint density at radius 3 is 2.54 bits per heavy atom. The second-order valence-electron chi connectivity index (χ2n) is 6.20. The Bertz CT molecular complexity index is 792. The van der Waals surface area contributed by atoms with Crippen molar-refractivity contribution < 1.29 is 19.1 Å². The van der Waals surface area contributed by atoms with Crippen LogP contribution in [0.4, 0.5) is 0 Å². The van der Waals surface area contributed by atoms with E-state index in [0.717, 1.165) is 5.56 Å². The maximum absolute atomic E-state index is 12.5. The molecule has 1 heterocycles. The Morgan fingerprint density at radius 1 is 1.12 bits per heavy atom. The zero-order valence-electron chi connectivity index (χ0n) is 14.9. The number of hydrogen-bond donors (Lipinski definition) is 1. The summed E-state index contributed by atoms with van der Waals surface area (Å²) in [6.45, 7) is 1.06. The lowest BCUT2D eigenvalue weighted by molar-refractivity contribution is -0.128. The van der Waals surface area contributed by atoms with Crippen LogP contribution in [0.1, 0.15) is 22.3 Å². The Kier molecular flexibility index (Phi) is 5.41. The summed E-state index contributed by atoms with van der Waals surface area (Å²) in [5.74, 6) is 0.874. The average molecular weight is 354 g/mol. The summed E-state index contributed by atoms with van der Waals surface area (Å²) in [5, 5.41) is 2.93. The van der Waals surface area contributed by atoms with Crippen molar-refractivity contribution in [2.75, 3.05) is 20.8 Å². The van der Waals surface area contributed by atoms with E-state index in [1.54, 1.807) is 30.2 Å². The second kappa shape index (κ2) is 7.91. The number of nitrogens with one attached hydrogen (secondary N) is 1. The SMILES string of the molecule is COc1ccc(C(=O)NC2CC(=O)N(Cc3ccccc3)C2)cc1OC. The summed E-state index contributed by atoms with van der Waals surface area (Å²) in [4.78, 5) is 26.5. The molecule has 0 radical (unpaired) electrons. The Hall–Kier alpha value is -3.02. The van der Waals surface area contributed by atoms with E-state index in [1.807, 2.05) is 30.3 Å². The van der Waals surface area contributed by atoms with Crippen LogP contribution in [0, 0.1) is 0 Å². The van der Waals surface area contributed by atoms with E-state index in [0.29, 0.717) is 36.6 Å². The molecule has 3 rings (SSSR count). The normalized spacial score (nSPS) is 16.5. The number of benzene rings is 2. The van der Waals surface area contributed by atoms with Gasteiger partial charge in [-0.15, -0.1) is 0 Å². The minimum Gasteiger partial charge on any atom is -0.493 e. The first-order valence-corrected chi connectivity index (χ1v) is 8.45. The fraction of sp³-hybridized carbons (Fsp3) is 0.300. The first kappa shape index (κ1) is 17.8. The van der Waals surface area contributed by atoms with Gasteiger partial charge in [0.15, 0.2) is 11.5 Å². The smallest absolute Gasteiger partial charge is 0.251 e. The molecule has 0 aromatic heterocycles. The van der Waals surface area contributed by atoms with Gasteiger partial charge in [-0.1, -0.05) is 30.3 Å². The Labute approximate surface area is 152 Å². The minimum atomic E-state index is -0.231. The monoisotopic (exact) mass is 354 g/mol. The molecule has 6 heteroatoms. The van der Waals surface area contributed by atoms with E-state index in [1.165, 1.54) is 7.11 Å². The number of likely N-dealkylation sites (tertiary alicyclic amines) is 1. The van der Waals surface area contributed by atoms with Gasteiger partial charge in [0.05, 0.1) is 20.3 Å². The molecular formula is C20H22N2O4. The molecule has 1 aliphatic rings. The lowest BCUT2D eigenvalue weighted by atomic mass is 10.1. The van der Waals surface area contributed by atoms with Crippen molar-refractivity contribution in [2.24, 2.45) is 0 Å². The summed E-state index contributed by atoms with van der Waals surface area (Å²) < 4.78 is 10.4. The number of carbonyl (C=O) groups is 2. The number of ether oxygens (including phenoxy) is 2. The van der Waals surface area contributed by atoms with Crippen LogP contribution in [0.2, 0.25) is 0 Å². The van der Waals surface area contributed by atoms with Gasteiger partial charge < -0.3 is 19.7 Å². The van der Waals surface area contributed by atoms with Crippen LogP contribution in [-0.4, -0.2) is 43.5 Å². The van der Waals surface area contributed by atoms with E-state index in [9.17, 15) is 9.59 Å². The van der Waals surface area contributed by atoms with Crippen molar-refractivity contribution in [3.8, 4) is 11.5 Å². The van der Waals surface area contributed by atoms with Crippen molar-refractivity contribution in [1.29, 1.82) is 0 Å². The molecule has 0 spiro atoms. The third kappa shape index (κ3) is 3.96. The van der Waals surface area contributed by atoms with Gasteiger partial charge in [0.1, 0.15) is 0 Å². The highest BCUT2D eigenvalue weighted by Gasteiger charge is 2.30. The molecule has 1 unspecified atom stereocenters. The average Bonchev–Trinajstić information content (AvgIpc) is 3.00. The van der Waals surface area contributed by atoms with Crippen molar-refractivity contribution in [2.45, 2.75) is 19.0 Å². The molecule has 0 saturated carbocycles. The zero-order chi connectivity index (χ0) is 18.5. The predicted octanol–water partition coefficient (Wildman–Crippen LogP) is 2.23. The van der Waals surface area contributed by atoms with E-state index >= 15 is 0 Å². The van der Waals surface area contributed by atoms with Crippen LogP contribution < -0.4 is 14.8 Å². The zero-order valence-corrected chi connectivity index (χ0v) is 14.9. The number of nitrogens with zero attached hydrogens (tertiary/aromatic N) is 1. The van der Waals surface area contributed by atoms with Gasteiger partial charge >= 0.3 is 0 Å². The number of methoxy groups -OCH3 is 2. The van der Waals surface area contributed by atoms with Gasteiger partial charge in [0.25, 0.3) is 5.91 Å². The molecule has 136 valence electrons. The number of amides is 2. The molecule has 26 heavy (non-hydrogen) atoms. The first-order chi connectivity index (χ1) is 12.6. The van der Waals surface area contributed by atoms with Crippen LogP contribution in [0.3, 0.4) is 0 Å². The minimum absolute atomic E-state index is 0.0477. The van der Waals surface area contributed by atoms with Gasteiger partial charge in [-0.05, 0) is 23.8 Å². The lowest BCUT2D eigenvalue weighted by Crippen LogP contribution is -2.37. The van der Waals surface area contributed by atoms with Gasteiger partial charge in [-0.25, -0.2) is 0 Å². The van der Waals surface area contributed by atoms with E-state index in [4.69, 9.17) is 9.47 Å². The standard InChI is InChI=1S/C20H22N2O4/c1-25-17-9-8-15(10-18(17)26-2)20(24)21-16-11-19(23)22(13-16)12-14-6-4-3-5-7-14/h3-10,16H,11-13H2,1-2H3,(H,21,24). The molecular weight excluding hydrogens is 332 g/mol. The van der Waals surface area contributed by atoms with Gasteiger partial charge in [-0.3, -0.25) is 9.59 Å². The molecule has 1 saturated heterocycles. The fourth-order valence-corrected chi connectivity index (χ4v) is 3.07. The van der Waals surface area contributed by atoms with Gasteiger partial charge in [-0.2, -0.15) is 0 Å². The molecule has 2 aromatic rings. The molecule has 1 atom stereocenters. The van der Waals surface area contributed by atoms with Crippen LogP contribution in [-0.2, 0) is 11.3 Å². The molecule has 1 aliphatic heterocycles.